The zero-order valence-corrected chi connectivity index (χ0v) is 9.92. The summed E-state index contributed by atoms with van der Waals surface area (Å²) in [5.74, 6) is 0.119. The van der Waals surface area contributed by atoms with Gasteiger partial charge in [0.05, 0.1) is 26.9 Å². The van der Waals surface area contributed by atoms with Crippen LogP contribution in [0.3, 0.4) is 0 Å². The minimum atomic E-state index is -1.17. The molecule has 0 amide bonds. The van der Waals surface area contributed by atoms with Crippen LogP contribution >= 0.6 is 0 Å². The molecule has 1 aromatic carbocycles. The lowest BCUT2D eigenvalue weighted by molar-refractivity contribution is 0.0979. The van der Waals surface area contributed by atoms with Crippen molar-refractivity contribution in [1.82, 2.24) is 0 Å². The third-order valence-corrected chi connectivity index (χ3v) is 3.60. The fourth-order valence-corrected chi connectivity index (χ4v) is 2.49. The molecule has 2 rings (SSSR count). The molecule has 0 saturated heterocycles. The Morgan fingerprint density at radius 1 is 1.44 bits per heavy atom. The zero-order valence-electron chi connectivity index (χ0n) is 9.10. The van der Waals surface area contributed by atoms with E-state index in [0.29, 0.717) is 22.6 Å². The lowest BCUT2D eigenvalue weighted by Gasteiger charge is -2.02. The first kappa shape index (κ1) is 11.2. The van der Waals surface area contributed by atoms with Gasteiger partial charge >= 0.3 is 0 Å². The maximum atomic E-state index is 11.8. The van der Waals surface area contributed by atoms with E-state index in [4.69, 9.17) is 0 Å². The molecule has 0 spiro atoms. The van der Waals surface area contributed by atoms with E-state index in [1.165, 1.54) is 5.55 Å². The van der Waals surface area contributed by atoms with Crippen molar-refractivity contribution in [3.05, 3.63) is 23.8 Å². The fraction of sp³-hybridized carbons (Fsp3) is 0.333. The topological polar surface area (TPSA) is 46.5 Å². The Morgan fingerprint density at radius 3 is 3.00 bits per heavy atom. The van der Waals surface area contributed by atoms with Crippen molar-refractivity contribution in [2.45, 2.75) is 31.1 Å². The molecule has 0 aliphatic carbocycles. The molecule has 1 heterocycles. The highest BCUT2D eigenvalue weighted by molar-refractivity contribution is 7.99. The number of fused-ring (bicyclic) bond motifs is 1. The van der Waals surface area contributed by atoms with E-state index in [0.717, 1.165) is 12.8 Å². The molecule has 0 N–H and O–H groups in total. The summed E-state index contributed by atoms with van der Waals surface area (Å²) < 4.78 is 11.5. The number of aliphatic imine (C=N–C) groups is 1. The first-order chi connectivity index (χ1) is 7.72. The maximum Gasteiger partial charge on any atom is 0.162 e. The van der Waals surface area contributed by atoms with Crippen LogP contribution in [0.25, 0.3) is 0 Å². The number of rotatable bonds is 4. The maximum absolute atomic E-state index is 11.8. The minimum absolute atomic E-state index is 0.119. The molecule has 0 saturated carbocycles. The Labute approximate surface area is 97.0 Å². The standard InChI is InChI=1S/C12H13NO2S/c1-2-3-4-11(14)9-5-6-10-12(7-9)16(15)8-13-10/h5-8H,2-4H2,1H3. The molecule has 0 aromatic heterocycles. The van der Waals surface area contributed by atoms with E-state index in [9.17, 15) is 9.00 Å². The Morgan fingerprint density at radius 2 is 2.25 bits per heavy atom. The van der Waals surface area contributed by atoms with Gasteiger partial charge in [0.2, 0.25) is 0 Å². The predicted octanol–water partition coefficient (Wildman–Crippen LogP) is 2.84. The van der Waals surface area contributed by atoms with Crippen LogP contribution in [0.4, 0.5) is 5.69 Å². The Kier molecular flexibility index (Phi) is 3.29. The molecule has 16 heavy (non-hydrogen) atoms. The molecule has 1 aliphatic rings. The molecule has 1 unspecified atom stereocenters. The molecule has 1 aromatic rings. The summed E-state index contributed by atoms with van der Waals surface area (Å²) in [6.45, 7) is 2.05. The molecule has 84 valence electrons. The predicted molar refractivity (Wildman–Crippen MR) is 64.9 cm³/mol. The van der Waals surface area contributed by atoms with Gasteiger partial charge in [0.25, 0.3) is 0 Å². The molecule has 1 atom stereocenters. The third kappa shape index (κ3) is 2.11. The van der Waals surface area contributed by atoms with Crippen molar-refractivity contribution in [2.75, 3.05) is 0 Å². The summed E-state index contributed by atoms with van der Waals surface area (Å²) in [4.78, 5) is 16.4. The van der Waals surface area contributed by atoms with E-state index in [1.54, 1.807) is 18.2 Å². The van der Waals surface area contributed by atoms with Crippen molar-refractivity contribution < 1.29 is 9.00 Å². The second kappa shape index (κ2) is 4.70. The average Bonchev–Trinajstić information content (AvgIpc) is 2.67. The van der Waals surface area contributed by atoms with Crippen LogP contribution in [-0.2, 0) is 10.8 Å². The molecule has 0 bridgehead atoms. The highest BCUT2D eigenvalue weighted by Crippen LogP contribution is 2.28. The van der Waals surface area contributed by atoms with Crippen LogP contribution < -0.4 is 0 Å². The summed E-state index contributed by atoms with van der Waals surface area (Å²) in [5, 5.41) is 0. The number of ketones is 1. The van der Waals surface area contributed by atoms with Gasteiger partial charge in [-0.05, 0) is 24.6 Å². The van der Waals surface area contributed by atoms with Crippen LogP contribution in [-0.4, -0.2) is 15.5 Å². The van der Waals surface area contributed by atoms with Crippen molar-refractivity contribution in [3.63, 3.8) is 0 Å². The average molecular weight is 235 g/mol. The SMILES string of the molecule is CCCCC(=O)c1ccc2c(c1)S(=O)C=N2. The van der Waals surface area contributed by atoms with Gasteiger partial charge in [-0.3, -0.25) is 4.79 Å². The van der Waals surface area contributed by atoms with E-state index >= 15 is 0 Å². The number of hydrogen-bond donors (Lipinski definition) is 0. The highest BCUT2D eigenvalue weighted by atomic mass is 32.2. The van der Waals surface area contributed by atoms with Crippen molar-refractivity contribution in [2.24, 2.45) is 4.99 Å². The third-order valence-electron chi connectivity index (χ3n) is 2.54. The lowest BCUT2D eigenvalue weighted by Crippen LogP contribution is -1.99. The van der Waals surface area contributed by atoms with E-state index in [2.05, 4.69) is 11.9 Å². The summed E-state index contributed by atoms with van der Waals surface area (Å²) in [6, 6.07) is 5.23. The summed E-state index contributed by atoms with van der Waals surface area (Å²) in [6.07, 6.45) is 2.46. The van der Waals surface area contributed by atoms with Crippen molar-refractivity contribution >= 4 is 27.8 Å². The van der Waals surface area contributed by atoms with Gasteiger partial charge in [0, 0.05) is 12.0 Å². The highest BCUT2D eigenvalue weighted by Gasteiger charge is 2.16. The molecular formula is C12H13NO2S. The molecule has 4 heteroatoms. The normalized spacial score (nSPS) is 17.4. The van der Waals surface area contributed by atoms with Gasteiger partial charge in [-0.1, -0.05) is 13.3 Å². The number of benzene rings is 1. The lowest BCUT2D eigenvalue weighted by atomic mass is 10.1. The van der Waals surface area contributed by atoms with Gasteiger partial charge in [-0.25, -0.2) is 9.20 Å². The van der Waals surface area contributed by atoms with Crippen LogP contribution in [0.5, 0.6) is 0 Å². The number of carbonyl (C=O) groups excluding carboxylic acids is 1. The van der Waals surface area contributed by atoms with E-state index < -0.39 is 10.8 Å². The monoisotopic (exact) mass is 235 g/mol. The van der Waals surface area contributed by atoms with Crippen LogP contribution in [0.2, 0.25) is 0 Å². The first-order valence-electron chi connectivity index (χ1n) is 5.34. The zero-order chi connectivity index (χ0) is 11.5. The molecule has 3 nitrogen and oxygen atoms in total. The van der Waals surface area contributed by atoms with Crippen LogP contribution in [0.1, 0.15) is 36.5 Å². The minimum Gasteiger partial charge on any atom is -0.294 e. The smallest absolute Gasteiger partial charge is 0.162 e. The van der Waals surface area contributed by atoms with Crippen molar-refractivity contribution in [1.29, 1.82) is 0 Å². The Bertz CT molecular complexity index is 480. The van der Waals surface area contributed by atoms with Crippen molar-refractivity contribution in [3.8, 4) is 0 Å². The van der Waals surface area contributed by atoms with Crippen LogP contribution in [0.15, 0.2) is 28.1 Å². The van der Waals surface area contributed by atoms with Gasteiger partial charge in [-0.15, -0.1) is 0 Å². The Balaban J connectivity index is 2.22. The van der Waals surface area contributed by atoms with Gasteiger partial charge in [-0.2, -0.15) is 0 Å². The molecule has 0 fully saturated rings. The summed E-state index contributed by atoms with van der Waals surface area (Å²) in [5.41, 5.74) is 2.77. The van der Waals surface area contributed by atoms with Crippen LogP contribution in [0, 0.1) is 0 Å². The van der Waals surface area contributed by atoms with Gasteiger partial charge in [0.1, 0.15) is 0 Å². The quantitative estimate of drug-likeness (QED) is 0.753. The summed E-state index contributed by atoms with van der Waals surface area (Å²) in [7, 11) is -1.17. The number of nitrogens with zero attached hydrogens (tertiary/aromatic N) is 1. The first-order valence-corrected chi connectivity index (χ1v) is 6.55. The second-order valence-corrected chi connectivity index (χ2v) is 4.99. The van der Waals surface area contributed by atoms with E-state index in [1.807, 2.05) is 0 Å². The number of Topliss-reactive ketones (excluding diaryl/α,β-unsaturated/α-hetero) is 1. The van der Waals surface area contributed by atoms with Gasteiger partial charge in [0.15, 0.2) is 5.78 Å². The molecular weight excluding hydrogens is 222 g/mol. The Hall–Kier alpha value is -1.29. The fourth-order valence-electron chi connectivity index (χ4n) is 1.60. The molecule has 1 aliphatic heterocycles. The van der Waals surface area contributed by atoms with Gasteiger partial charge < -0.3 is 0 Å². The number of unbranched alkanes of at least 4 members (excludes halogenated alkanes) is 1. The second-order valence-electron chi connectivity index (χ2n) is 3.74. The molecule has 0 radical (unpaired) electrons. The largest absolute Gasteiger partial charge is 0.294 e. The number of carbonyl (C=O) groups is 1. The van der Waals surface area contributed by atoms with E-state index in [-0.39, 0.29) is 5.78 Å². The summed E-state index contributed by atoms with van der Waals surface area (Å²) >= 11 is 0. The number of hydrogen-bond acceptors (Lipinski definition) is 3.